The van der Waals surface area contributed by atoms with Crippen molar-refractivity contribution in [2.24, 2.45) is 0 Å². The average molecular weight is 324 g/mol. The van der Waals surface area contributed by atoms with Crippen LogP contribution in [0, 0.1) is 0 Å². The second kappa shape index (κ2) is 8.74. The Labute approximate surface area is 145 Å². The lowest BCUT2D eigenvalue weighted by Crippen LogP contribution is -2.28. The summed E-state index contributed by atoms with van der Waals surface area (Å²) in [5, 5.41) is 3.45. The summed E-state index contributed by atoms with van der Waals surface area (Å²) in [6.07, 6.45) is 3.77. The highest BCUT2D eigenvalue weighted by atomic mass is 16.5. The molecule has 1 heterocycles. The summed E-state index contributed by atoms with van der Waals surface area (Å²) >= 11 is 0. The van der Waals surface area contributed by atoms with Crippen LogP contribution in [0.5, 0.6) is 5.75 Å². The van der Waals surface area contributed by atoms with Crippen molar-refractivity contribution in [1.82, 2.24) is 4.90 Å². The quantitative estimate of drug-likeness (QED) is 0.721. The molecule has 24 heavy (non-hydrogen) atoms. The van der Waals surface area contributed by atoms with Gasteiger partial charge < -0.3 is 15.0 Å². The molecule has 0 saturated carbocycles. The summed E-state index contributed by atoms with van der Waals surface area (Å²) in [5.74, 6) is 0.996. The molecule has 0 radical (unpaired) electrons. The number of nitrogens with zero attached hydrogens (tertiary/aromatic N) is 1. The van der Waals surface area contributed by atoms with Crippen LogP contribution >= 0.6 is 0 Å². The zero-order chi connectivity index (χ0) is 16.6. The summed E-state index contributed by atoms with van der Waals surface area (Å²) in [6, 6.07) is 19.4. The lowest BCUT2D eigenvalue weighted by Gasteiger charge is -2.21. The van der Waals surface area contributed by atoms with Crippen molar-refractivity contribution in [3.05, 3.63) is 60.2 Å². The Balaban J connectivity index is 1.47. The molecule has 0 spiro atoms. The number of benzene rings is 2. The minimum Gasteiger partial charge on any atom is -0.493 e. The van der Waals surface area contributed by atoms with Crippen LogP contribution in [0.15, 0.2) is 54.6 Å². The number of para-hydroxylation sites is 2. The van der Waals surface area contributed by atoms with Gasteiger partial charge in [0.05, 0.1) is 6.61 Å². The first-order valence-corrected chi connectivity index (χ1v) is 9.06. The molecule has 0 aromatic heterocycles. The zero-order valence-electron chi connectivity index (χ0n) is 14.6. The molecule has 0 amide bonds. The molecule has 1 aliphatic heterocycles. The molecule has 128 valence electrons. The van der Waals surface area contributed by atoms with Crippen LogP contribution in [0.4, 0.5) is 5.69 Å². The van der Waals surface area contributed by atoms with Crippen LogP contribution in [0.1, 0.15) is 31.7 Å². The van der Waals surface area contributed by atoms with Crippen LogP contribution in [0.2, 0.25) is 0 Å². The molecule has 0 bridgehead atoms. The molecule has 2 aromatic carbocycles. The minimum atomic E-state index is 0.743. The van der Waals surface area contributed by atoms with Gasteiger partial charge >= 0.3 is 0 Å². The third-order valence-electron chi connectivity index (χ3n) is 4.77. The van der Waals surface area contributed by atoms with E-state index in [9.17, 15) is 0 Å². The largest absolute Gasteiger partial charge is 0.493 e. The van der Waals surface area contributed by atoms with Crippen LogP contribution in [0.3, 0.4) is 0 Å². The maximum absolute atomic E-state index is 6.05. The maximum atomic E-state index is 6.05. The van der Waals surface area contributed by atoms with Gasteiger partial charge in [-0.1, -0.05) is 36.4 Å². The van der Waals surface area contributed by atoms with Gasteiger partial charge in [-0.2, -0.15) is 0 Å². The molecule has 1 saturated heterocycles. The smallest absolute Gasteiger partial charge is 0.124 e. The van der Waals surface area contributed by atoms with Gasteiger partial charge in [-0.15, -0.1) is 0 Å². The molecule has 1 atom stereocenters. The zero-order valence-corrected chi connectivity index (χ0v) is 14.6. The van der Waals surface area contributed by atoms with E-state index in [2.05, 4.69) is 47.5 Å². The topological polar surface area (TPSA) is 24.5 Å². The van der Waals surface area contributed by atoms with Gasteiger partial charge in [-0.3, -0.25) is 0 Å². The predicted octanol–water partition coefficient (Wildman–Crippen LogP) is 4.55. The highest BCUT2D eigenvalue weighted by Gasteiger charge is 2.19. The van der Waals surface area contributed by atoms with E-state index in [-0.39, 0.29) is 0 Å². The van der Waals surface area contributed by atoms with Gasteiger partial charge in [0.2, 0.25) is 0 Å². The van der Waals surface area contributed by atoms with Crippen molar-refractivity contribution in [2.45, 2.75) is 38.8 Å². The highest BCUT2D eigenvalue weighted by Crippen LogP contribution is 2.20. The second-order valence-corrected chi connectivity index (χ2v) is 6.56. The number of likely N-dealkylation sites (tertiary alicyclic amines) is 1. The van der Waals surface area contributed by atoms with E-state index in [1.54, 1.807) is 0 Å². The molecule has 1 aliphatic rings. The Morgan fingerprint density at radius 3 is 2.67 bits per heavy atom. The Morgan fingerprint density at radius 1 is 1.08 bits per heavy atom. The fourth-order valence-electron chi connectivity index (χ4n) is 3.32. The SMILES string of the molecule is CC1CCCN1CCCOc1ccccc1CNc1ccccc1. The molecule has 3 heteroatoms. The molecule has 3 rings (SSSR count). The molecule has 1 N–H and O–H groups in total. The number of ether oxygens (including phenoxy) is 1. The van der Waals surface area contributed by atoms with E-state index in [1.807, 2.05) is 24.3 Å². The molecule has 1 fully saturated rings. The standard InChI is InChI=1S/C21H28N2O/c1-18-9-7-14-23(18)15-8-16-24-21-13-6-5-10-19(21)17-22-20-11-3-2-4-12-20/h2-6,10-13,18,22H,7-9,14-17H2,1H3. The van der Waals surface area contributed by atoms with Crippen LogP contribution in [-0.2, 0) is 6.54 Å². The van der Waals surface area contributed by atoms with Crippen molar-refractivity contribution in [2.75, 3.05) is 25.0 Å². The fraction of sp³-hybridized carbons (Fsp3) is 0.429. The van der Waals surface area contributed by atoms with Crippen molar-refractivity contribution in [3.8, 4) is 5.75 Å². The van der Waals surface area contributed by atoms with E-state index in [1.165, 1.54) is 24.9 Å². The molecule has 2 aromatic rings. The first-order chi connectivity index (χ1) is 11.8. The van der Waals surface area contributed by atoms with E-state index in [4.69, 9.17) is 4.74 Å². The second-order valence-electron chi connectivity index (χ2n) is 6.56. The van der Waals surface area contributed by atoms with Gasteiger partial charge in [-0.05, 0) is 50.9 Å². The van der Waals surface area contributed by atoms with Crippen LogP contribution in [0.25, 0.3) is 0 Å². The van der Waals surface area contributed by atoms with Gasteiger partial charge in [0.15, 0.2) is 0 Å². The number of rotatable bonds is 8. The molecular formula is C21H28N2O. The summed E-state index contributed by atoms with van der Waals surface area (Å²) in [6.45, 7) is 6.29. The molecular weight excluding hydrogens is 296 g/mol. The first kappa shape index (κ1) is 16.8. The molecule has 0 aliphatic carbocycles. The number of hydrogen-bond acceptors (Lipinski definition) is 3. The summed E-state index contributed by atoms with van der Waals surface area (Å²) < 4.78 is 6.05. The normalized spacial score (nSPS) is 17.8. The number of anilines is 1. The lowest BCUT2D eigenvalue weighted by molar-refractivity contribution is 0.229. The average Bonchev–Trinajstić information content (AvgIpc) is 3.03. The monoisotopic (exact) mass is 324 g/mol. The van der Waals surface area contributed by atoms with E-state index >= 15 is 0 Å². The van der Waals surface area contributed by atoms with E-state index < -0.39 is 0 Å². The predicted molar refractivity (Wildman–Crippen MR) is 101 cm³/mol. The van der Waals surface area contributed by atoms with Crippen molar-refractivity contribution in [3.63, 3.8) is 0 Å². The fourth-order valence-corrected chi connectivity index (χ4v) is 3.32. The summed E-state index contributed by atoms with van der Waals surface area (Å²) in [7, 11) is 0. The lowest BCUT2D eigenvalue weighted by atomic mass is 10.2. The minimum absolute atomic E-state index is 0.743. The summed E-state index contributed by atoms with van der Waals surface area (Å²) in [5.41, 5.74) is 2.34. The number of hydrogen-bond donors (Lipinski definition) is 1. The van der Waals surface area contributed by atoms with Crippen molar-refractivity contribution in [1.29, 1.82) is 0 Å². The summed E-state index contributed by atoms with van der Waals surface area (Å²) in [4.78, 5) is 2.58. The van der Waals surface area contributed by atoms with Crippen molar-refractivity contribution >= 4 is 5.69 Å². The van der Waals surface area contributed by atoms with Gasteiger partial charge in [-0.25, -0.2) is 0 Å². The Morgan fingerprint density at radius 2 is 1.88 bits per heavy atom. The first-order valence-electron chi connectivity index (χ1n) is 9.06. The van der Waals surface area contributed by atoms with Crippen molar-refractivity contribution < 1.29 is 4.74 Å². The third kappa shape index (κ3) is 4.75. The Kier molecular flexibility index (Phi) is 6.13. The molecule has 3 nitrogen and oxygen atoms in total. The van der Waals surface area contributed by atoms with E-state index in [0.29, 0.717) is 0 Å². The highest BCUT2D eigenvalue weighted by molar-refractivity contribution is 5.44. The van der Waals surface area contributed by atoms with E-state index in [0.717, 1.165) is 43.6 Å². The van der Waals surface area contributed by atoms with Gasteiger partial charge in [0.1, 0.15) is 5.75 Å². The Hall–Kier alpha value is -2.00. The third-order valence-corrected chi connectivity index (χ3v) is 4.77. The van der Waals surface area contributed by atoms with Gasteiger partial charge in [0.25, 0.3) is 0 Å². The van der Waals surface area contributed by atoms with Crippen LogP contribution in [-0.4, -0.2) is 30.6 Å². The van der Waals surface area contributed by atoms with Crippen LogP contribution < -0.4 is 10.1 Å². The Bertz CT molecular complexity index is 614. The maximum Gasteiger partial charge on any atom is 0.124 e. The molecule has 1 unspecified atom stereocenters. The number of nitrogens with one attached hydrogen (secondary N) is 1. The van der Waals surface area contributed by atoms with Gasteiger partial charge in [0, 0.05) is 30.4 Å².